The zero-order valence-electron chi connectivity index (χ0n) is 10.5. The topological polar surface area (TPSA) is 50.8 Å². The number of nitrogens with zero attached hydrogens (tertiary/aromatic N) is 1. The van der Waals surface area contributed by atoms with Crippen LogP contribution in [0.25, 0.3) is 0 Å². The molecule has 0 amide bonds. The Kier molecular flexibility index (Phi) is 4.36. The molecule has 5 nitrogen and oxygen atoms in total. The molecule has 2 aliphatic heterocycles. The third kappa shape index (κ3) is 2.61. The SMILES string of the molecule is CCOC(=O)C1(N2CCNCC2)CCCOC1. The molecule has 98 valence electrons. The average Bonchev–Trinajstić information content (AvgIpc) is 2.41. The van der Waals surface area contributed by atoms with Gasteiger partial charge in [-0.15, -0.1) is 0 Å². The van der Waals surface area contributed by atoms with Gasteiger partial charge in [0.15, 0.2) is 0 Å². The Morgan fingerprint density at radius 3 is 2.82 bits per heavy atom. The maximum Gasteiger partial charge on any atom is 0.328 e. The van der Waals surface area contributed by atoms with Gasteiger partial charge in [0.2, 0.25) is 0 Å². The van der Waals surface area contributed by atoms with Crippen LogP contribution in [0.3, 0.4) is 0 Å². The number of nitrogens with one attached hydrogen (secondary N) is 1. The number of carbonyl (C=O) groups excluding carboxylic acids is 1. The molecule has 0 aromatic heterocycles. The number of piperazine rings is 1. The van der Waals surface area contributed by atoms with Crippen molar-refractivity contribution in [3.05, 3.63) is 0 Å². The van der Waals surface area contributed by atoms with Gasteiger partial charge in [-0.3, -0.25) is 4.90 Å². The number of rotatable bonds is 3. The summed E-state index contributed by atoms with van der Waals surface area (Å²) in [6.45, 7) is 7.17. The van der Waals surface area contributed by atoms with Gasteiger partial charge in [-0.05, 0) is 19.8 Å². The Balaban J connectivity index is 2.12. The predicted molar refractivity (Wildman–Crippen MR) is 63.9 cm³/mol. The van der Waals surface area contributed by atoms with E-state index in [0.29, 0.717) is 13.2 Å². The van der Waals surface area contributed by atoms with Crippen LogP contribution in [0.1, 0.15) is 19.8 Å². The van der Waals surface area contributed by atoms with Crippen molar-refractivity contribution in [3.8, 4) is 0 Å². The maximum absolute atomic E-state index is 12.3. The van der Waals surface area contributed by atoms with Crippen molar-refractivity contribution < 1.29 is 14.3 Å². The van der Waals surface area contributed by atoms with E-state index in [-0.39, 0.29) is 5.97 Å². The fraction of sp³-hybridized carbons (Fsp3) is 0.917. The summed E-state index contributed by atoms with van der Waals surface area (Å²) in [6.07, 6.45) is 1.79. The molecule has 0 bridgehead atoms. The van der Waals surface area contributed by atoms with Gasteiger partial charge >= 0.3 is 5.97 Å². The van der Waals surface area contributed by atoms with Gasteiger partial charge in [0, 0.05) is 32.8 Å². The molecule has 1 N–H and O–H groups in total. The molecule has 17 heavy (non-hydrogen) atoms. The minimum absolute atomic E-state index is 0.110. The molecule has 5 heteroatoms. The highest BCUT2D eigenvalue weighted by molar-refractivity contribution is 5.81. The van der Waals surface area contributed by atoms with Crippen LogP contribution in [-0.2, 0) is 14.3 Å². The lowest BCUT2D eigenvalue weighted by atomic mass is 9.89. The Morgan fingerprint density at radius 2 is 2.24 bits per heavy atom. The zero-order valence-corrected chi connectivity index (χ0v) is 10.5. The van der Waals surface area contributed by atoms with Gasteiger partial charge in [0.1, 0.15) is 5.54 Å². The van der Waals surface area contributed by atoms with Crippen molar-refractivity contribution in [1.29, 1.82) is 0 Å². The molecule has 0 aromatic rings. The van der Waals surface area contributed by atoms with Gasteiger partial charge in [-0.2, -0.15) is 0 Å². The molecule has 0 saturated carbocycles. The van der Waals surface area contributed by atoms with Gasteiger partial charge in [0.25, 0.3) is 0 Å². The molecular formula is C12H22N2O3. The van der Waals surface area contributed by atoms with Crippen LogP contribution in [0.2, 0.25) is 0 Å². The highest BCUT2D eigenvalue weighted by Gasteiger charge is 2.47. The molecule has 1 atom stereocenters. The lowest BCUT2D eigenvalue weighted by molar-refractivity contribution is -0.168. The highest BCUT2D eigenvalue weighted by atomic mass is 16.5. The van der Waals surface area contributed by atoms with Gasteiger partial charge < -0.3 is 14.8 Å². The van der Waals surface area contributed by atoms with Crippen LogP contribution < -0.4 is 5.32 Å². The standard InChI is InChI=1S/C12H22N2O3/c1-2-17-11(15)12(4-3-9-16-10-12)14-7-5-13-6-8-14/h13H,2-10H2,1H3. The predicted octanol–water partition coefficient (Wildman–Crippen LogP) is 0.00390. The third-order valence-electron chi connectivity index (χ3n) is 3.60. The summed E-state index contributed by atoms with van der Waals surface area (Å²) < 4.78 is 10.8. The fourth-order valence-corrected chi connectivity index (χ4v) is 2.68. The van der Waals surface area contributed by atoms with Crippen molar-refractivity contribution >= 4 is 5.97 Å². The third-order valence-corrected chi connectivity index (χ3v) is 3.60. The summed E-state index contributed by atoms with van der Waals surface area (Å²) in [5.41, 5.74) is -0.531. The normalized spacial score (nSPS) is 31.1. The largest absolute Gasteiger partial charge is 0.465 e. The first-order valence-electron chi connectivity index (χ1n) is 6.50. The quantitative estimate of drug-likeness (QED) is 0.706. The van der Waals surface area contributed by atoms with Gasteiger partial charge in [0.05, 0.1) is 13.2 Å². The summed E-state index contributed by atoms with van der Waals surface area (Å²) in [7, 11) is 0. The number of carbonyl (C=O) groups is 1. The van der Waals surface area contributed by atoms with E-state index in [9.17, 15) is 4.79 Å². The summed E-state index contributed by atoms with van der Waals surface area (Å²) in [6, 6.07) is 0. The maximum atomic E-state index is 12.3. The molecule has 2 aliphatic rings. The van der Waals surface area contributed by atoms with Crippen molar-refractivity contribution in [2.24, 2.45) is 0 Å². The molecule has 2 rings (SSSR count). The van der Waals surface area contributed by atoms with Crippen LogP contribution in [-0.4, -0.2) is 62.4 Å². The molecule has 0 spiro atoms. The summed E-state index contributed by atoms with van der Waals surface area (Å²) >= 11 is 0. The Labute approximate surface area is 102 Å². The van der Waals surface area contributed by atoms with Crippen molar-refractivity contribution in [3.63, 3.8) is 0 Å². The van der Waals surface area contributed by atoms with Crippen molar-refractivity contribution in [2.45, 2.75) is 25.3 Å². The van der Waals surface area contributed by atoms with E-state index in [0.717, 1.165) is 45.6 Å². The average molecular weight is 242 g/mol. The Morgan fingerprint density at radius 1 is 1.47 bits per heavy atom. The van der Waals surface area contributed by atoms with E-state index in [1.165, 1.54) is 0 Å². The molecule has 1 unspecified atom stereocenters. The smallest absolute Gasteiger partial charge is 0.328 e. The van der Waals surface area contributed by atoms with E-state index < -0.39 is 5.54 Å². The monoisotopic (exact) mass is 242 g/mol. The van der Waals surface area contributed by atoms with Crippen LogP contribution in [0.5, 0.6) is 0 Å². The van der Waals surface area contributed by atoms with Crippen LogP contribution >= 0.6 is 0 Å². The lowest BCUT2D eigenvalue weighted by Crippen LogP contribution is -2.64. The number of ether oxygens (including phenoxy) is 2. The van der Waals surface area contributed by atoms with Crippen LogP contribution in [0.4, 0.5) is 0 Å². The fourth-order valence-electron chi connectivity index (χ4n) is 2.68. The first-order valence-corrected chi connectivity index (χ1v) is 6.50. The molecule has 0 aliphatic carbocycles. The Hall–Kier alpha value is -0.650. The second kappa shape index (κ2) is 5.80. The Bertz CT molecular complexity index is 258. The summed E-state index contributed by atoms with van der Waals surface area (Å²) in [5.74, 6) is -0.110. The van der Waals surface area contributed by atoms with E-state index >= 15 is 0 Å². The molecule has 2 saturated heterocycles. The number of hydrogen-bond acceptors (Lipinski definition) is 5. The second-order valence-electron chi connectivity index (χ2n) is 4.65. The van der Waals surface area contributed by atoms with Crippen LogP contribution in [0, 0.1) is 0 Å². The van der Waals surface area contributed by atoms with E-state index in [1.54, 1.807) is 0 Å². The van der Waals surface area contributed by atoms with E-state index in [1.807, 2.05) is 6.92 Å². The molecule has 2 heterocycles. The first kappa shape index (κ1) is 12.8. The summed E-state index contributed by atoms with van der Waals surface area (Å²) in [5, 5.41) is 3.31. The van der Waals surface area contributed by atoms with E-state index in [2.05, 4.69) is 10.2 Å². The minimum atomic E-state index is -0.531. The van der Waals surface area contributed by atoms with Crippen molar-refractivity contribution in [2.75, 3.05) is 46.0 Å². The zero-order chi connectivity index (χ0) is 12.1. The molecule has 2 fully saturated rings. The minimum Gasteiger partial charge on any atom is -0.465 e. The van der Waals surface area contributed by atoms with E-state index in [4.69, 9.17) is 9.47 Å². The second-order valence-corrected chi connectivity index (χ2v) is 4.65. The number of esters is 1. The van der Waals surface area contributed by atoms with Gasteiger partial charge in [-0.1, -0.05) is 0 Å². The number of hydrogen-bond donors (Lipinski definition) is 1. The van der Waals surface area contributed by atoms with Crippen LogP contribution in [0.15, 0.2) is 0 Å². The molecular weight excluding hydrogens is 220 g/mol. The first-order chi connectivity index (χ1) is 8.29. The molecule has 0 aromatic carbocycles. The summed E-state index contributed by atoms with van der Waals surface area (Å²) in [4.78, 5) is 14.5. The highest BCUT2D eigenvalue weighted by Crippen LogP contribution is 2.28. The lowest BCUT2D eigenvalue weighted by Gasteiger charge is -2.45. The molecule has 0 radical (unpaired) electrons. The van der Waals surface area contributed by atoms with Crippen molar-refractivity contribution in [1.82, 2.24) is 10.2 Å². The van der Waals surface area contributed by atoms with Gasteiger partial charge in [-0.25, -0.2) is 4.79 Å².